The van der Waals surface area contributed by atoms with E-state index in [0.717, 1.165) is 96.3 Å². The number of unbranched alkanes of at least 4 members (excludes halogenated alkanes) is 9. The van der Waals surface area contributed by atoms with Crippen LogP contribution in [-0.2, 0) is 28.6 Å². The van der Waals surface area contributed by atoms with Crippen molar-refractivity contribution < 1.29 is 38.2 Å². The van der Waals surface area contributed by atoms with Crippen molar-refractivity contribution in [3.8, 4) is 0 Å². The van der Waals surface area contributed by atoms with Gasteiger partial charge in [0.25, 0.3) is 0 Å². The van der Waals surface area contributed by atoms with E-state index in [2.05, 4.69) is 135 Å². The van der Waals surface area contributed by atoms with Crippen molar-refractivity contribution in [2.45, 2.75) is 167 Å². The Labute approximate surface area is 396 Å². The number of carboxylic acid groups (broad SMARTS) is 1. The van der Waals surface area contributed by atoms with Gasteiger partial charge in [-0.1, -0.05) is 180 Å². The highest BCUT2D eigenvalue weighted by Gasteiger charge is 2.25. The van der Waals surface area contributed by atoms with Crippen LogP contribution in [0.2, 0.25) is 0 Å². The molecule has 0 aromatic heterocycles. The molecule has 0 rings (SSSR count). The molecule has 8 heteroatoms. The van der Waals surface area contributed by atoms with Gasteiger partial charge in [-0.25, -0.2) is 0 Å². The van der Waals surface area contributed by atoms with Crippen molar-refractivity contribution in [1.29, 1.82) is 0 Å². The molecule has 0 heterocycles. The zero-order valence-corrected chi connectivity index (χ0v) is 41.3. The maximum atomic E-state index is 12.8. The molecule has 0 saturated heterocycles. The summed E-state index contributed by atoms with van der Waals surface area (Å²) in [7, 11) is 5.37. The molecule has 2 unspecified atom stereocenters. The van der Waals surface area contributed by atoms with Crippen molar-refractivity contribution in [3.63, 3.8) is 0 Å². The molecule has 0 aliphatic rings. The second-order valence-electron chi connectivity index (χ2n) is 17.1. The topological polar surface area (TPSA) is 102 Å². The first-order valence-electron chi connectivity index (χ1n) is 24.8. The molecule has 0 aromatic rings. The van der Waals surface area contributed by atoms with E-state index in [-0.39, 0.29) is 49.1 Å². The molecule has 0 radical (unpaired) electrons. The highest BCUT2D eigenvalue weighted by Crippen LogP contribution is 2.11. The molecule has 0 fully saturated rings. The van der Waals surface area contributed by atoms with Crippen molar-refractivity contribution in [1.82, 2.24) is 0 Å². The SMILES string of the molecule is CC/C=C/C/C=C/C/C=C/C/C=C/C/C=C/C/C=C/C/C=C/CCCC(=O)OC(COCCC(C(=O)[O-])[N+](C)(C)C)COC(=O)CCCCCCC/C=C/C=C/C=C/C=C/CCCCC. The van der Waals surface area contributed by atoms with Crippen LogP contribution in [0, 0.1) is 0 Å². The van der Waals surface area contributed by atoms with Gasteiger partial charge in [-0.05, 0) is 89.9 Å². The maximum absolute atomic E-state index is 12.8. The van der Waals surface area contributed by atoms with Gasteiger partial charge in [0.15, 0.2) is 6.10 Å². The van der Waals surface area contributed by atoms with E-state index in [1.54, 1.807) is 21.1 Å². The van der Waals surface area contributed by atoms with E-state index in [9.17, 15) is 19.5 Å². The van der Waals surface area contributed by atoms with Gasteiger partial charge in [0.1, 0.15) is 12.6 Å². The van der Waals surface area contributed by atoms with Crippen LogP contribution in [0.4, 0.5) is 0 Å². The van der Waals surface area contributed by atoms with Crippen molar-refractivity contribution in [2.24, 2.45) is 0 Å². The molecule has 65 heavy (non-hydrogen) atoms. The lowest BCUT2D eigenvalue weighted by molar-refractivity contribution is -0.889. The van der Waals surface area contributed by atoms with E-state index >= 15 is 0 Å². The minimum atomic E-state index is -1.14. The summed E-state index contributed by atoms with van der Waals surface area (Å²) < 4.78 is 17.1. The lowest BCUT2D eigenvalue weighted by Crippen LogP contribution is -2.55. The Morgan fingerprint density at radius 2 is 0.938 bits per heavy atom. The highest BCUT2D eigenvalue weighted by atomic mass is 16.6. The fourth-order valence-electron chi connectivity index (χ4n) is 6.31. The van der Waals surface area contributed by atoms with Crippen LogP contribution in [0.1, 0.15) is 155 Å². The Morgan fingerprint density at radius 3 is 1.45 bits per heavy atom. The van der Waals surface area contributed by atoms with Crippen molar-refractivity contribution in [2.75, 3.05) is 41.0 Å². The van der Waals surface area contributed by atoms with Crippen LogP contribution in [0.3, 0.4) is 0 Å². The van der Waals surface area contributed by atoms with Crippen LogP contribution in [0.15, 0.2) is 134 Å². The third-order valence-electron chi connectivity index (χ3n) is 10.1. The van der Waals surface area contributed by atoms with Crippen LogP contribution in [0.25, 0.3) is 0 Å². The molecule has 0 spiro atoms. The summed E-state index contributed by atoms with van der Waals surface area (Å²) in [6, 6.07) is -0.750. The summed E-state index contributed by atoms with van der Waals surface area (Å²) in [4.78, 5) is 37.0. The minimum Gasteiger partial charge on any atom is -0.544 e. The predicted octanol–water partition coefficient (Wildman–Crippen LogP) is 13.0. The zero-order valence-electron chi connectivity index (χ0n) is 41.3. The zero-order chi connectivity index (χ0) is 47.7. The second kappa shape index (κ2) is 46.0. The van der Waals surface area contributed by atoms with Crippen molar-refractivity contribution in [3.05, 3.63) is 134 Å². The van der Waals surface area contributed by atoms with Gasteiger partial charge in [-0.3, -0.25) is 9.59 Å². The molecule has 0 bridgehead atoms. The van der Waals surface area contributed by atoms with Crippen LogP contribution >= 0.6 is 0 Å². The maximum Gasteiger partial charge on any atom is 0.306 e. The van der Waals surface area contributed by atoms with E-state index < -0.39 is 18.1 Å². The Morgan fingerprint density at radius 1 is 0.492 bits per heavy atom. The number of allylic oxidation sites excluding steroid dienone is 22. The molecule has 2 atom stereocenters. The highest BCUT2D eigenvalue weighted by molar-refractivity contribution is 5.70. The third kappa shape index (κ3) is 44.5. The lowest BCUT2D eigenvalue weighted by Gasteiger charge is -2.34. The molecule has 0 aromatic carbocycles. The predicted molar refractivity (Wildman–Crippen MR) is 272 cm³/mol. The van der Waals surface area contributed by atoms with E-state index in [1.165, 1.54) is 19.3 Å². The summed E-state index contributed by atoms with van der Waals surface area (Å²) in [5.41, 5.74) is 0. The molecule has 8 nitrogen and oxygen atoms in total. The van der Waals surface area contributed by atoms with Crippen LogP contribution in [-0.4, -0.2) is 75.5 Å². The Hall–Kier alpha value is -4.53. The van der Waals surface area contributed by atoms with Gasteiger partial charge < -0.3 is 28.6 Å². The number of nitrogens with zero attached hydrogens (tertiary/aromatic N) is 1. The molecular weight excluding hydrogens is 811 g/mol. The first-order chi connectivity index (χ1) is 31.6. The monoisotopic (exact) mass is 900 g/mol. The number of esters is 2. The molecule has 0 N–H and O–H groups in total. The molecule has 0 aliphatic carbocycles. The van der Waals surface area contributed by atoms with Gasteiger partial charge in [0.2, 0.25) is 0 Å². The summed E-state index contributed by atoms with van der Waals surface area (Å²) in [6.07, 6.45) is 66.2. The average Bonchev–Trinajstić information content (AvgIpc) is 3.27. The summed E-state index contributed by atoms with van der Waals surface area (Å²) in [5, 5.41) is 11.7. The summed E-state index contributed by atoms with van der Waals surface area (Å²) >= 11 is 0. The number of carbonyl (C=O) groups is 3. The van der Waals surface area contributed by atoms with Crippen LogP contribution in [0.5, 0.6) is 0 Å². The Balaban J connectivity index is 4.48. The smallest absolute Gasteiger partial charge is 0.306 e. The number of ether oxygens (including phenoxy) is 3. The number of hydrogen-bond acceptors (Lipinski definition) is 7. The molecule has 0 saturated carbocycles. The number of aliphatic carboxylic acids is 1. The van der Waals surface area contributed by atoms with Gasteiger partial charge in [-0.15, -0.1) is 0 Å². The van der Waals surface area contributed by atoms with Gasteiger partial charge >= 0.3 is 11.9 Å². The molecule has 0 amide bonds. The second-order valence-corrected chi connectivity index (χ2v) is 17.1. The normalized spacial score (nSPS) is 14.0. The fraction of sp³-hybridized carbons (Fsp3) is 0.561. The first-order valence-corrected chi connectivity index (χ1v) is 24.8. The molecular formula is C57H89NO7. The number of hydrogen-bond donors (Lipinski definition) is 0. The lowest BCUT2D eigenvalue weighted by atomic mass is 10.1. The largest absolute Gasteiger partial charge is 0.544 e. The van der Waals surface area contributed by atoms with Crippen LogP contribution < -0.4 is 5.11 Å². The van der Waals surface area contributed by atoms with E-state index in [1.807, 2.05) is 12.2 Å². The summed E-state index contributed by atoms with van der Waals surface area (Å²) in [5.74, 6) is -1.86. The Bertz CT molecular complexity index is 1520. The standard InChI is InChI=1S/C57H89NO7/c1-6-8-10-12-14-16-18-20-22-24-26-27-28-29-30-32-34-36-38-40-42-44-46-48-56(60)65-53(51-63-50-49-54(57(61)62)58(3,4)5)52-64-55(59)47-45-43-41-39-37-35-33-31-25-23-21-19-17-15-13-11-9-7-2/h8,10,14-17,19-23,25-27,29-31,33-34,36,40,42,53-54H,6-7,9,11-13,18,24,28,32,35,37-39,41,43-52H2,1-5H3/b10-8+,16-14+,17-15+,21-19+,22-20+,25-23+,27-26+,30-29+,33-31+,36-34+,42-40+. The number of quaternary nitrogens is 1. The Kier molecular flexibility index (Phi) is 42.8. The number of carbonyl (C=O) groups excluding carboxylic acids is 3. The first kappa shape index (κ1) is 60.5. The molecule has 0 aliphatic heterocycles. The van der Waals surface area contributed by atoms with Gasteiger partial charge in [0, 0.05) is 19.3 Å². The average molecular weight is 900 g/mol. The summed E-state index contributed by atoms with van der Waals surface area (Å²) in [6.45, 7) is 4.40. The van der Waals surface area contributed by atoms with E-state index in [0.29, 0.717) is 12.8 Å². The number of carboxylic acids is 1. The third-order valence-corrected chi connectivity index (χ3v) is 10.1. The number of likely N-dealkylation sites (N-methyl/N-ethyl adjacent to an activating group) is 1. The van der Waals surface area contributed by atoms with Gasteiger partial charge in [0.05, 0.1) is 40.3 Å². The van der Waals surface area contributed by atoms with Gasteiger partial charge in [-0.2, -0.15) is 0 Å². The van der Waals surface area contributed by atoms with Crippen molar-refractivity contribution >= 4 is 17.9 Å². The fourth-order valence-corrected chi connectivity index (χ4v) is 6.31. The van der Waals surface area contributed by atoms with E-state index in [4.69, 9.17) is 14.2 Å². The number of rotatable bonds is 42. The quantitative estimate of drug-likeness (QED) is 0.0198. The molecule has 364 valence electrons. The minimum absolute atomic E-state index is 0.000728.